The zero-order valence-corrected chi connectivity index (χ0v) is 14.6. The van der Waals surface area contributed by atoms with Crippen LogP contribution in [0.1, 0.15) is 12.0 Å². The van der Waals surface area contributed by atoms with Crippen molar-refractivity contribution in [2.24, 2.45) is 5.10 Å². The van der Waals surface area contributed by atoms with Gasteiger partial charge in [-0.1, -0.05) is 24.3 Å². The molecular weight excluding hydrogens is 334 g/mol. The highest BCUT2D eigenvalue weighted by molar-refractivity contribution is 6.15. The molecule has 1 aliphatic rings. The van der Waals surface area contributed by atoms with Crippen LogP contribution in [-0.2, 0) is 16.0 Å². The first-order valence-corrected chi connectivity index (χ1v) is 8.07. The molecule has 2 amide bonds. The van der Waals surface area contributed by atoms with Crippen molar-refractivity contribution >= 4 is 23.3 Å². The lowest BCUT2D eigenvalue weighted by atomic mass is 10.1. The van der Waals surface area contributed by atoms with Crippen molar-refractivity contribution in [2.75, 3.05) is 19.2 Å². The number of hydrogen-bond donors (Lipinski definition) is 1. The van der Waals surface area contributed by atoms with E-state index in [1.54, 1.807) is 44.6 Å². The van der Waals surface area contributed by atoms with Gasteiger partial charge < -0.3 is 14.8 Å². The fourth-order valence-corrected chi connectivity index (χ4v) is 2.65. The van der Waals surface area contributed by atoms with E-state index in [2.05, 4.69) is 10.4 Å². The topological polar surface area (TPSA) is 80.2 Å². The third-order valence-corrected chi connectivity index (χ3v) is 3.87. The molecule has 134 valence electrons. The quantitative estimate of drug-likeness (QED) is 0.893. The predicted molar refractivity (Wildman–Crippen MR) is 97.4 cm³/mol. The first kappa shape index (κ1) is 17.5. The molecule has 0 aromatic heterocycles. The van der Waals surface area contributed by atoms with Gasteiger partial charge in [-0.2, -0.15) is 10.1 Å². The SMILES string of the molecule is COc1ccc(CC(=O)NC2=NN(c3ccccc3)C(=O)C2)cc1OC. The minimum Gasteiger partial charge on any atom is -0.493 e. The van der Waals surface area contributed by atoms with Gasteiger partial charge in [-0.15, -0.1) is 0 Å². The van der Waals surface area contributed by atoms with Crippen LogP contribution in [0, 0.1) is 0 Å². The number of amides is 2. The molecule has 1 N–H and O–H groups in total. The number of amidine groups is 1. The predicted octanol–water partition coefficient (Wildman–Crippen LogP) is 2.11. The lowest BCUT2D eigenvalue weighted by Crippen LogP contribution is -2.31. The molecule has 3 rings (SSSR count). The lowest BCUT2D eigenvalue weighted by Gasteiger charge is -2.10. The summed E-state index contributed by atoms with van der Waals surface area (Å²) in [5.74, 6) is 1.06. The zero-order chi connectivity index (χ0) is 18.5. The summed E-state index contributed by atoms with van der Waals surface area (Å²) in [6, 6.07) is 14.4. The van der Waals surface area contributed by atoms with E-state index in [1.165, 1.54) is 5.01 Å². The van der Waals surface area contributed by atoms with Crippen molar-refractivity contribution < 1.29 is 19.1 Å². The number of ether oxygens (including phenoxy) is 2. The summed E-state index contributed by atoms with van der Waals surface area (Å²) in [4.78, 5) is 24.4. The molecule has 1 heterocycles. The van der Waals surface area contributed by atoms with E-state index in [0.29, 0.717) is 23.0 Å². The maximum atomic E-state index is 12.3. The zero-order valence-electron chi connectivity index (χ0n) is 14.6. The monoisotopic (exact) mass is 353 g/mol. The van der Waals surface area contributed by atoms with E-state index in [1.807, 2.05) is 18.2 Å². The van der Waals surface area contributed by atoms with Gasteiger partial charge in [0.2, 0.25) is 5.91 Å². The Morgan fingerprint density at radius 3 is 2.54 bits per heavy atom. The van der Waals surface area contributed by atoms with Crippen LogP contribution in [0.15, 0.2) is 53.6 Å². The highest BCUT2D eigenvalue weighted by Crippen LogP contribution is 2.27. The number of hydrogen-bond acceptors (Lipinski definition) is 5. The summed E-state index contributed by atoms with van der Waals surface area (Å²) >= 11 is 0. The van der Waals surface area contributed by atoms with Crippen LogP contribution in [0.25, 0.3) is 0 Å². The summed E-state index contributed by atoms with van der Waals surface area (Å²) in [5.41, 5.74) is 1.44. The maximum absolute atomic E-state index is 12.3. The lowest BCUT2D eigenvalue weighted by molar-refractivity contribution is -0.119. The van der Waals surface area contributed by atoms with Crippen LogP contribution in [-0.4, -0.2) is 31.9 Å². The molecule has 0 aliphatic carbocycles. The number of nitrogens with one attached hydrogen (secondary N) is 1. The van der Waals surface area contributed by atoms with E-state index >= 15 is 0 Å². The van der Waals surface area contributed by atoms with Crippen LogP contribution in [0.3, 0.4) is 0 Å². The standard InChI is InChI=1S/C19H19N3O4/c1-25-15-9-8-13(10-16(15)26-2)11-18(23)20-17-12-19(24)22(21-17)14-6-4-3-5-7-14/h3-10H,11-12H2,1-2H3,(H,20,21,23). The Labute approximate surface area is 151 Å². The van der Waals surface area contributed by atoms with Crippen LogP contribution >= 0.6 is 0 Å². The van der Waals surface area contributed by atoms with Crippen molar-refractivity contribution in [2.45, 2.75) is 12.8 Å². The van der Waals surface area contributed by atoms with Gasteiger partial charge in [0.05, 0.1) is 32.7 Å². The molecule has 7 nitrogen and oxygen atoms in total. The van der Waals surface area contributed by atoms with Gasteiger partial charge >= 0.3 is 0 Å². The molecule has 0 saturated carbocycles. The summed E-state index contributed by atoms with van der Waals surface area (Å²) in [6.07, 6.45) is 0.200. The molecule has 0 radical (unpaired) electrons. The third kappa shape index (κ3) is 3.83. The Bertz CT molecular complexity index is 849. The first-order valence-electron chi connectivity index (χ1n) is 8.07. The van der Waals surface area contributed by atoms with Gasteiger partial charge in [-0.05, 0) is 29.8 Å². The number of carbonyl (C=O) groups excluding carboxylic acids is 2. The maximum Gasteiger partial charge on any atom is 0.255 e. The number of anilines is 1. The smallest absolute Gasteiger partial charge is 0.255 e. The average Bonchev–Trinajstić information content (AvgIpc) is 3.02. The number of carbonyl (C=O) groups is 2. The Kier molecular flexibility index (Phi) is 5.17. The molecule has 0 spiro atoms. The van der Waals surface area contributed by atoms with E-state index < -0.39 is 0 Å². The van der Waals surface area contributed by atoms with Crippen molar-refractivity contribution in [3.63, 3.8) is 0 Å². The number of methoxy groups -OCH3 is 2. The highest BCUT2D eigenvalue weighted by atomic mass is 16.5. The van der Waals surface area contributed by atoms with Gasteiger partial charge in [0, 0.05) is 0 Å². The van der Waals surface area contributed by atoms with Gasteiger partial charge in [0.25, 0.3) is 5.91 Å². The van der Waals surface area contributed by atoms with Crippen molar-refractivity contribution in [1.29, 1.82) is 0 Å². The van der Waals surface area contributed by atoms with Crippen molar-refractivity contribution in [3.05, 3.63) is 54.1 Å². The molecule has 0 bridgehead atoms. The molecule has 0 saturated heterocycles. The van der Waals surface area contributed by atoms with Gasteiger partial charge in [-0.25, -0.2) is 0 Å². The molecular formula is C19H19N3O4. The van der Waals surface area contributed by atoms with Crippen LogP contribution in [0.2, 0.25) is 0 Å². The first-order chi connectivity index (χ1) is 12.6. The second-order valence-corrected chi connectivity index (χ2v) is 5.68. The largest absolute Gasteiger partial charge is 0.493 e. The second-order valence-electron chi connectivity index (χ2n) is 5.68. The Balaban J connectivity index is 1.66. The fourth-order valence-electron chi connectivity index (χ4n) is 2.65. The number of benzene rings is 2. The number of para-hydroxylation sites is 1. The number of hydrazone groups is 1. The van der Waals surface area contributed by atoms with Crippen LogP contribution in [0.5, 0.6) is 11.5 Å². The van der Waals surface area contributed by atoms with E-state index in [-0.39, 0.29) is 24.7 Å². The molecule has 7 heteroatoms. The molecule has 0 atom stereocenters. The summed E-state index contributed by atoms with van der Waals surface area (Å²) < 4.78 is 10.4. The minimum absolute atomic E-state index is 0.0621. The van der Waals surface area contributed by atoms with Gasteiger partial charge in [-0.3, -0.25) is 9.59 Å². The molecule has 2 aromatic rings. The fraction of sp³-hybridized carbons (Fsp3) is 0.211. The van der Waals surface area contributed by atoms with E-state index in [0.717, 1.165) is 5.56 Å². The minimum atomic E-state index is -0.251. The van der Waals surface area contributed by atoms with Gasteiger partial charge in [0.1, 0.15) is 5.84 Å². The van der Waals surface area contributed by atoms with Crippen molar-refractivity contribution in [3.8, 4) is 11.5 Å². The Morgan fingerprint density at radius 1 is 1.12 bits per heavy atom. The molecule has 26 heavy (non-hydrogen) atoms. The Morgan fingerprint density at radius 2 is 1.85 bits per heavy atom. The highest BCUT2D eigenvalue weighted by Gasteiger charge is 2.26. The van der Waals surface area contributed by atoms with E-state index in [9.17, 15) is 9.59 Å². The van der Waals surface area contributed by atoms with E-state index in [4.69, 9.17) is 9.47 Å². The second kappa shape index (κ2) is 7.69. The third-order valence-electron chi connectivity index (χ3n) is 3.87. The Hall–Kier alpha value is -3.35. The summed E-state index contributed by atoms with van der Waals surface area (Å²) in [7, 11) is 3.09. The average molecular weight is 353 g/mol. The van der Waals surface area contributed by atoms with Crippen molar-refractivity contribution in [1.82, 2.24) is 5.32 Å². The van der Waals surface area contributed by atoms with Crippen LogP contribution in [0.4, 0.5) is 5.69 Å². The molecule has 0 fully saturated rings. The van der Waals surface area contributed by atoms with Gasteiger partial charge in [0.15, 0.2) is 11.5 Å². The molecule has 1 aliphatic heterocycles. The molecule has 0 unspecified atom stereocenters. The number of nitrogens with zero attached hydrogens (tertiary/aromatic N) is 2. The van der Waals surface area contributed by atoms with Crippen LogP contribution < -0.4 is 19.8 Å². The summed E-state index contributed by atoms with van der Waals surface area (Å²) in [5, 5.41) is 8.20. The number of rotatable bonds is 5. The molecule has 2 aromatic carbocycles. The normalized spacial score (nSPS) is 13.4. The summed E-state index contributed by atoms with van der Waals surface area (Å²) in [6.45, 7) is 0.